The van der Waals surface area contributed by atoms with Crippen LogP contribution in [0.4, 0.5) is 72.2 Å². The normalized spacial score (nSPS) is 10.5. The van der Waals surface area contributed by atoms with E-state index in [0.29, 0.717) is 50.7 Å². The van der Waals surface area contributed by atoms with Gasteiger partial charge in [-0.1, -0.05) is 141 Å². The Kier molecular flexibility index (Phi) is 27.1. The maximum atomic E-state index is 13.7. The Labute approximate surface area is 721 Å². The van der Waals surface area contributed by atoms with E-state index < -0.39 is 69.7 Å². The second-order valence-corrected chi connectivity index (χ2v) is 28.3. The predicted octanol–water partition coefficient (Wildman–Crippen LogP) is 22.7. The largest absolute Gasteiger partial charge is 0.359 e. The van der Waals surface area contributed by atoms with Crippen molar-refractivity contribution in [1.29, 1.82) is 0 Å². The van der Waals surface area contributed by atoms with Crippen LogP contribution in [0.3, 0.4) is 0 Å². The molecule has 5 amide bonds. The molecule has 5 aromatic heterocycles. The summed E-state index contributed by atoms with van der Waals surface area (Å²) in [7, 11) is 5.27. The molecule has 622 valence electrons. The van der Waals surface area contributed by atoms with Crippen molar-refractivity contribution in [2.45, 2.75) is 13.8 Å². The van der Waals surface area contributed by atoms with Gasteiger partial charge in [0.05, 0.1) is 83.4 Å². The van der Waals surface area contributed by atoms with Gasteiger partial charge in [0.1, 0.15) is 46.0 Å². The molecule has 7 N–H and O–H groups in total. The minimum Gasteiger partial charge on any atom is -0.359 e. The zero-order chi connectivity index (χ0) is 89.2. The molecule has 0 unspecified atom stereocenters. The Bertz CT molecular complexity index is 6870. The highest BCUT2D eigenvalue weighted by atomic mass is 35.5. The molecule has 0 radical (unpaired) electrons. The third kappa shape index (κ3) is 20.8. The zero-order valence-corrected chi connectivity index (χ0v) is 68.0. The molecule has 5 heterocycles. The topological polar surface area (TPSA) is 269 Å². The molecule has 17 rings (SSSR count). The number of nitrogens with one attached hydrogen (secondary N) is 7. The molecule has 0 aliphatic rings. The summed E-state index contributed by atoms with van der Waals surface area (Å²) in [6, 6.07) is 74.1. The Morgan fingerprint density at radius 2 is 0.603 bits per heavy atom. The van der Waals surface area contributed by atoms with Gasteiger partial charge in [-0.05, 0) is 226 Å². The van der Waals surface area contributed by atoms with Crippen LogP contribution in [0.15, 0.2) is 285 Å². The molecule has 0 saturated heterocycles. The lowest BCUT2D eigenvalue weighted by Crippen LogP contribution is -2.15. The number of benzene rings is 12. The summed E-state index contributed by atoms with van der Waals surface area (Å²) >= 11 is 6.03. The molecule has 0 spiro atoms. The Hall–Kier alpha value is -17.1. The molecular weight excluding hydrogens is 1630 g/mol. The molecule has 30 heteroatoms. The molecule has 17 aromatic rings. The number of halogens is 7. The van der Waals surface area contributed by atoms with Gasteiger partial charge in [0.15, 0.2) is 0 Å². The Morgan fingerprint density at radius 3 is 0.897 bits per heavy atom. The molecule has 0 fully saturated rings. The van der Waals surface area contributed by atoms with Crippen LogP contribution < -0.4 is 26.6 Å². The number of H-pyrrole nitrogens is 2. The van der Waals surface area contributed by atoms with E-state index in [4.69, 9.17) is 31.3 Å². The average Bonchev–Trinajstić information content (AvgIpc) is 1.47. The number of carbonyl (C=O) groups excluding carboxylic acids is 5. The summed E-state index contributed by atoms with van der Waals surface area (Å²) in [4.78, 5) is 70.7. The number of hydrogen-bond donors (Lipinski definition) is 7. The lowest BCUT2D eigenvalue weighted by atomic mass is 9.99. The maximum Gasteiger partial charge on any atom is 0.296 e. The monoisotopic (exact) mass is 1700 g/mol. The second kappa shape index (κ2) is 39.4. The highest BCUT2D eigenvalue weighted by Crippen LogP contribution is 2.34. The van der Waals surface area contributed by atoms with Gasteiger partial charge in [-0.2, -0.15) is 24.2 Å². The zero-order valence-electron chi connectivity index (χ0n) is 67.2. The highest BCUT2D eigenvalue weighted by Gasteiger charge is 2.22. The Morgan fingerprint density at radius 1 is 0.333 bits per heavy atom. The van der Waals surface area contributed by atoms with Gasteiger partial charge in [-0.15, -0.1) is 0 Å². The van der Waals surface area contributed by atoms with Gasteiger partial charge in [0.25, 0.3) is 47.0 Å². The molecule has 0 bridgehead atoms. The van der Waals surface area contributed by atoms with Gasteiger partial charge in [-0.3, -0.25) is 34.2 Å². The number of fused-ring (bicyclic) bond motifs is 2. The van der Waals surface area contributed by atoms with Crippen LogP contribution >= 0.6 is 11.6 Å². The minimum absolute atomic E-state index is 0.00471. The van der Waals surface area contributed by atoms with E-state index in [2.05, 4.69) is 95.9 Å². The maximum absolute atomic E-state index is 13.7. The predicted molar refractivity (Wildman–Crippen MR) is 474 cm³/mol. The van der Waals surface area contributed by atoms with Crippen LogP contribution in [0.2, 0.25) is 5.02 Å². The van der Waals surface area contributed by atoms with E-state index in [9.17, 15) is 50.3 Å². The Balaban J connectivity index is 0.000000135. The third-order valence-electron chi connectivity index (χ3n) is 19.5. The molecule has 23 nitrogen and oxygen atoms in total. The quantitative estimate of drug-likeness (QED) is 0.0377. The number of aryl methyl sites for hydroxylation is 5. The van der Waals surface area contributed by atoms with Crippen molar-refractivity contribution in [3.05, 3.63) is 399 Å². The van der Waals surface area contributed by atoms with Gasteiger partial charge in [0.2, 0.25) is 0 Å². The van der Waals surface area contributed by atoms with Gasteiger partial charge in [0, 0.05) is 55.9 Å². The summed E-state index contributed by atoms with van der Waals surface area (Å²) in [5, 5.41) is 41.9. The lowest BCUT2D eigenvalue weighted by molar-refractivity contribution is 0.101. The number of amides is 5. The summed E-state index contributed by atoms with van der Waals surface area (Å²) < 4.78 is 86.9. The third-order valence-corrected chi connectivity index (χ3v) is 19.8. The van der Waals surface area contributed by atoms with Crippen molar-refractivity contribution in [2.75, 3.05) is 26.6 Å². The van der Waals surface area contributed by atoms with Crippen LogP contribution in [0, 0.1) is 68.5 Å². The standard InChI is InChI=1S/C21H15F2N3O.C21H16FN3O.C18H13ClN4O.C18H12F2N4O.C18H13FN4O/c1-12-9-14-11-24-26-19(14)10-16(12)13-5-7-15(8-6-13)25-21(27)20-17(22)3-2-4-18(20)23;1-13-10-15-12-23-25-20(15)11-18(13)14-6-8-16(9-7-14)24-21(26)17-4-2-3-5-19(17)22;1-20-17-11-16(23(2)22-17)12-7-9-13(10-8-12)21-18(24)14-5-3-4-6-15(14)19;1-21-16-10-15(24(2)23-16)11-6-8-12(9-7-11)22-18(25)17-13(19)4-3-5-14(17)20;1-20-17-11-16(23(2)22-17)12-7-9-13(10-8-12)21-18(24)14-5-3-4-6-15(14)19/h2-11H,1H3,(H,24,26)(H,25,27);2-12H,1H3,(H,23,25)(H,24,26);3-11H,2H3,(H,21,24);3-10H,2H3,(H,22,25);3-11H,2H3,(H,21,24). The van der Waals surface area contributed by atoms with Crippen molar-refractivity contribution in [3.8, 4) is 56.0 Å². The van der Waals surface area contributed by atoms with E-state index in [1.165, 1.54) is 42.5 Å². The summed E-state index contributed by atoms with van der Waals surface area (Å²) in [6.45, 7) is 25.1. The first-order valence-electron chi connectivity index (χ1n) is 38.1. The van der Waals surface area contributed by atoms with Crippen molar-refractivity contribution in [3.63, 3.8) is 0 Å². The molecule has 0 atom stereocenters. The van der Waals surface area contributed by atoms with Gasteiger partial charge >= 0.3 is 0 Å². The number of carbonyl (C=O) groups is 5. The number of nitrogens with zero attached hydrogens (tertiary/aromatic N) is 11. The fraction of sp³-hybridized carbons (Fsp3) is 0.0521. The van der Waals surface area contributed by atoms with E-state index in [1.54, 1.807) is 169 Å². The first kappa shape index (κ1) is 86.7. The van der Waals surface area contributed by atoms with Crippen LogP contribution in [0.5, 0.6) is 0 Å². The van der Waals surface area contributed by atoms with Crippen LogP contribution in [-0.4, -0.2) is 79.3 Å². The number of rotatable bonds is 15. The van der Waals surface area contributed by atoms with E-state index in [-0.39, 0.29) is 22.9 Å². The van der Waals surface area contributed by atoms with Gasteiger partial charge < -0.3 is 41.1 Å². The van der Waals surface area contributed by atoms with Crippen LogP contribution in [0.1, 0.15) is 62.9 Å². The molecule has 0 aliphatic carbocycles. The first-order valence-corrected chi connectivity index (χ1v) is 38.5. The number of hydrogen-bond acceptors (Lipinski definition) is 10. The second-order valence-electron chi connectivity index (χ2n) is 27.9. The minimum atomic E-state index is -0.921. The summed E-state index contributed by atoms with van der Waals surface area (Å²) in [5.74, 6) is -6.69. The lowest BCUT2D eigenvalue weighted by Gasteiger charge is -2.10. The smallest absolute Gasteiger partial charge is 0.296 e. The molecule has 12 aromatic carbocycles. The van der Waals surface area contributed by atoms with Crippen LogP contribution in [0.25, 0.3) is 92.4 Å². The van der Waals surface area contributed by atoms with Crippen molar-refractivity contribution in [2.24, 2.45) is 21.1 Å². The molecule has 0 aliphatic heterocycles. The summed E-state index contributed by atoms with van der Waals surface area (Å²) in [6.07, 6.45) is 3.57. The van der Waals surface area contributed by atoms with Crippen molar-refractivity contribution < 1.29 is 50.3 Å². The average molecular weight is 1700 g/mol. The number of aromatic amines is 2. The number of aromatic nitrogens is 10. The van der Waals surface area contributed by atoms with Crippen molar-refractivity contribution >= 4 is 109 Å². The van der Waals surface area contributed by atoms with Gasteiger partial charge in [-0.25, -0.2) is 26.3 Å². The van der Waals surface area contributed by atoms with E-state index >= 15 is 0 Å². The van der Waals surface area contributed by atoms with Crippen LogP contribution in [-0.2, 0) is 21.1 Å². The van der Waals surface area contributed by atoms with Crippen molar-refractivity contribution in [1.82, 2.24) is 49.7 Å². The highest BCUT2D eigenvalue weighted by molar-refractivity contribution is 6.34. The fourth-order valence-electron chi connectivity index (χ4n) is 13.2. The SMILES string of the molecule is Cc1cc2cn[nH]c2cc1-c1ccc(NC(=O)c2c(F)cccc2F)cc1.Cc1cc2cn[nH]c2cc1-c1ccc(NC(=O)c2ccccc2F)cc1.[C-]#[N+]c1cc(-c2ccc(NC(=O)c3c(F)cccc3F)cc2)n(C)n1.[C-]#[N+]c1cc(-c2ccc(NC(=O)c3ccccc3Cl)cc2)n(C)n1.[C-]#[N+]c1cc(-c2ccc(NC(=O)c3ccccc3F)cc2)n(C)n1. The molecular formula is C96H69ClF6N18O5. The molecule has 0 saturated carbocycles. The molecule has 126 heavy (non-hydrogen) atoms. The fourth-order valence-corrected chi connectivity index (χ4v) is 13.4. The first-order chi connectivity index (χ1) is 60.8. The summed E-state index contributed by atoms with van der Waals surface area (Å²) in [5.41, 5.74) is 15.1. The van der Waals surface area contributed by atoms with E-state index in [1.807, 2.05) is 79.7 Å². The van der Waals surface area contributed by atoms with E-state index in [0.717, 1.165) is 113 Å². The number of anilines is 5.